The second-order valence-corrected chi connectivity index (χ2v) is 15.0. The van der Waals surface area contributed by atoms with E-state index in [1.54, 1.807) is 0 Å². The summed E-state index contributed by atoms with van der Waals surface area (Å²) in [5.41, 5.74) is 0. The third-order valence-corrected chi connectivity index (χ3v) is 9.24. The van der Waals surface area contributed by atoms with Gasteiger partial charge in [0, 0.05) is 19.8 Å². The molecule has 0 aliphatic rings. The van der Waals surface area contributed by atoms with Gasteiger partial charge in [-0.1, -0.05) is 143 Å². The molecule has 3 N–H and O–H groups in total. The third-order valence-electron chi connectivity index (χ3n) is 9.24. The van der Waals surface area contributed by atoms with E-state index in [0.29, 0.717) is 112 Å². The molecule has 0 spiro atoms. The Hall–Kier alpha value is -0.520. The smallest absolute Gasteiger partial charge is 0.0701 e. The Kier molecular flexibility index (Phi) is 72.8. The van der Waals surface area contributed by atoms with Crippen molar-refractivity contribution in [2.75, 3.05) is 152 Å². The molecule has 0 heterocycles. The molecule has 61 heavy (non-hydrogen) atoms. The first-order chi connectivity index (χ1) is 30.2. The highest BCUT2D eigenvalue weighted by molar-refractivity contribution is 4.48. The summed E-state index contributed by atoms with van der Waals surface area (Å²) in [5.74, 6) is 0. The summed E-state index contributed by atoms with van der Waals surface area (Å²) < 4.78 is 53.1. The normalized spacial score (nSPS) is 11.1. The zero-order chi connectivity index (χ0) is 44.9. The Morgan fingerprint density at radius 2 is 0.328 bits per heavy atom. The van der Waals surface area contributed by atoms with E-state index < -0.39 is 0 Å². The fraction of sp³-hybridized carbons (Fsp3) is 1.00. The van der Waals surface area contributed by atoms with E-state index in [9.17, 15) is 0 Å². The summed E-state index contributed by atoms with van der Waals surface area (Å²) in [7, 11) is 0. The van der Waals surface area contributed by atoms with Gasteiger partial charge in [0.1, 0.15) is 0 Å². The van der Waals surface area contributed by atoms with Crippen LogP contribution in [0.4, 0.5) is 0 Å². The molecule has 0 unspecified atom stereocenters. The minimum Gasteiger partial charge on any atom is -0.394 e. The van der Waals surface area contributed by atoms with Gasteiger partial charge >= 0.3 is 0 Å². The molecule has 0 aliphatic heterocycles. The first-order valence-corrected chi connectivity index (χ1v) is 24.8. The predicted molar refractivity (Wildman–Crippen MR) is 248 cm³/mol. The first-order valence-electron chi connectivity index (χ1n) is 24.8. The lowest BCUT2D eigenvalue weighted by molar-refractivity contribution is -0.00577. The lowest BCUT2D eigenvalue weighted by atomic mass is 10.1. The standard InChI is InChI=1S/C18H38O5.C16H34O4.C14H30O4/c1-2-3-4-5-6-7-8-9-11-20-13-15-22-17-18-23-16-14-21-12-10-19;1-2-3-4-5-6-7-8-9-11-18-13-15-20-16-14-19-12-10-17;1-2-3-4-5-6-7-9-16-11-13-18-14-12-17-10-8-15/h19H,2-18H2,1H3;17H,2-16H2,1H3;15H,2-14H2,1H3. The maximum absolute atomic E-state index is 8.51. The molecular formula is C48H102O13. The summed E-state index contributed by atoms with van der Waals surface area (Å²) >= 11 is 0. The van der Waals surface area contributed by atoms with Crippen LogP contribution in [-0.2, 0) is 47.4 Å². The quantitative estimate of drug-likeness (QED) is 0.0500. The van der Waals surface area contributed by atoms with Crippen molar-refractivity contribution in [1.29, 1.82) is 0 Å². The number of unbranched alkanes of at least 4 members (excludes halogenated alkanes) is 19. The van der Waals surface area contributed by atoms with Crippen LogP contribution in [0.1, 0.15) is 162 Å². The summed E-state index contributed by atoms with van der Waals surface area (Å²) in [4.78, 5) is 0. The van der Waals surface area contributed by atoms with Crippen molar-refractivity contribution in [2.24, 2.45) is 0 Å². The van der Waals surface area contributed by atoms with Crippen LogP contribution in [0.15, 0.2) is 0 Å². The van der Waals surface area contributed by atoms with Gasteiger partial charge in [0.25, 0.3) is 0 Å². The van der Waals surface area contributed by atoms with E-state index in [1.807, 2.05) is 0 Å². The van der Waals surface area contributed by atoms with Crippen LogP contribution in [0.5, 0.6) is 0 Å². The lowest BCUT2D eigenvalue weighted by Crippen LogP contribution is -2.12. The zero-order valence-corrected chi connectivity index (χ0v) is 40.2. The number of aliphatic hydroxyl groups is 3. The molecule has 0 fully saturated rings. The molecular weight excluding hydrogens is 785 g/mol. The van der Waals surface area contributed by atoms with Gasteiger partial charge in [0.05, 0.1) is 132 Å². The van der Waals surface area contributed by atoms with Crippen molar-refractivity contribution >= 4 is 0 Å². The topological polar surface area (TPSA) is 153 Å². The highest BCUT2D eigenvalue weighted by atomic mass is 16.6. The first kappa shape index (κ1) is 64.8. The van der Waals surface area contributed by atoms with Crippen molar-refractivity contribution in [3.8, 4) is 0 Å². The average molecular weight is 887 g/mol. The number of aliphatic hydroxyl groups excluding tert-OH is 3. The van der Waals surface area contributed by atoms with E-state index in [4.69, 9.17) is 62.7 Å². The Labute approximate surface area is 375 Å². The highest BCUT2D eigenvalue weighted by Gasteiger charge is 1.97. The molecule has 0 radical (unpaired) electrons. The van der Waals surface area contributed by atoms with Gasteiger partial charge in [0.2, 0.25) is 0 Å². The second kappa shape index (κ2) is 68.5. The maximum Gasteiger partial charge on any atom is 0.0701 e. The van der Waals surface area contributed by atoms with Crippen molar-refractivity contribution in [3.63, 3.8) is 0 Å². The summed E-state index contributed by atoms with van der Waals surface area (Å²) in [6.45, 7) is 18.9. The van der Waals surface area contributed by atoms with Gasteiger partial charge in [-0.15, -0.1) is 0 Å². The van der Waals surface area contributed by atoms with E-state index in [0.717, 1.165) is 39.1 Å². The highest BCUT2D eigenvalue weighted by Crippen LogP contribution is 2.09. The van der Waals surface area contributed by atoms with Gasteiger partial charge in [-0.2, -0.15) is 0 Å². The molecule has 0 saturated heterocycles. The van der Waals surface area contributed by atoms with Crippen LogP contribution < -0.4 is 0 Å². The van der Waals surface area contributed by atoms with Gasteiger partial charge in [0.15, 0.2) is 0 Å². The van der Waals surface area contributed by atoms with Gasteiger partial charge in [-0.25, -0.2) is 0 Å². The predicted octanol–water partition coefficient (Wildman–Crippen LogP) is 8.74. The molecule has 13 nitrogen and oxygen atoms in total. The molecule has 0 aromatic heterocycles. The Balaban J connectivity index is -0.000000834. The fourth-order valence-corrected chi connectivity index (χ4v) is 5.70. The Bertz CT molecular complexity index is 628. The Morgan fingerprint density at radius 1 is 0.180 bits per heavy atom. The number of hydrogen-bond acceptors (Lipinski definition) is 13. The van der Waals surface area contributed by atoms with Crippen LogP contribution in [0.3, 0.4) is 0 Å². The molecule has 0 aliphatic carbocycles. The minimum atomic E-state index is 0.0576. The lowest BCUT2D eigenvalue weighted by Gasteiger charge is -2.07. The number of rotatable bonds is 52. The SMILES string of the molecule is CCCCCCCCCCOCCOCCOCCO.CCCCCCCCCCOCCOCCOCCOCCO.CCCCCCCCOCCOCCOCCO. The summed E-state index contributed by atoms with van der Waals surface area (Å²) in [6.07, 6.45) is 29.0. The third kappa shape index (κ3) is 74.2. The fourth-order valence-electron chi connectivity index (χ4n) is 5.70. The number of ether oxygens (including phenoxy) is 10. The van der Waals surface area contributed by atoms with Crippen LogP contribution in [0, 0.1) is 0 Å². The van der Waals surface area contributed by atoms with Crippen molar-refractivity contribution in [3.05, 3.63) is 0 Å². The van der Waals surface area contributed by atoms with E-state index in [2.05, 4.69) is 20.8 Å². The Morgan fingerprint density at radius 3 is 0.508 bits per heavy atom. The molecule has 0 atom stereocenters. The van der Waals surface area contributed by atoms with E-state index in [-0.39, 0.29) is 19.8 Å². The monoisotopic (exact) mass is 887 g/mol. The molecule has 0 saturated carbocycles. The van der Waals surface area contributed by atoms with Crippen LogP contribution >= 0.6 is 0 Å². The minimum absolute atomic E-state index is 0.0576. The second-order valence-electron chi connectivity index (χ2n) is 15.0. The molecule has 0 rings (SSSR count). The average Bonchev–Trinajstić information content (AvgIpc) is 3.27. The van der Waals surface area contributed by atoms with Crippen molar-refractivity contribution in [1.82, 2.24) is 0 Å². The summed E-state index contributed by atoms with van der Waals surface area (Å²) in [5, 5.41) is 25.5. The van der Waals surface area contributed by atoms with Gasteiger partial charge in [-0.3, -0.25) is 0 Å². The number of hydrogen-bond donors (Lipinski definition) is 3. The molecule has 13 heteroatoms. The van der Waals surface area contributed by atoms with Gasteiger partial charge < -0.3 is 62.7 Å². The van der Waals surface area contributed by atoms with Crippen molar-refractivity contribution < 1.29 is 62.7 Å². The zero-order valence-electron chi connectivity index (χ0n) is 40.2. The molecule has 372 valence electrons. The summed E-state index contributed by atoms with van der Waals surface area (Å²) in [6, 6.07) is 0. The molecule has 0 amide bonds. The molecule has 0 aromatic carbocycles. The largest absolute Gasteiger partial charge is 0.394 e. The van der Waals surface area contributed by atoms with Gasteiger partial charge in [-0.05, 0) is 19.3 Å². The van der Waals surface area contributed by atoms with Crippen LogP contribution in [0.2, 0.25) is 0 Å². The van der Waals surface area contributed by atoms with Crippen LogP contribution in [-0.4, -0.2) is 167 Å². The van der Waals surface area contributed by atoms with Crippen LogP contribution in [0.25, 0.3) is 0 Å². The van der Waals surface area contributed by atoms with E-state index >= 15 is 0 Å². The van der Waals surface area contributed by atoms with Crippen molar-refractivity contribution in [2.45, 2.75) is 162 Å². The van der Waals surface area contributed by atoms with E-state index in [1.165, 1.54) is 122 Å². The maximum atomic E-state index is 8.51. The molecule has 0 aromatic rings. The molecule has 0 bridgehead atoms.